The van der Waals surface area contributed by atoms with Gasteiger partial charge in [0.05, 0.1) is 0 Å². The van der Waals surface area contributed by atoms with Crippen molar-refractivity contribution in [3.8, 4) is 0 Å². The van der Waals surface area contributed by atoms with E-state index in [1.54, 1.807) is 0 Å². The summed E-state index contributed by atoms with van der Waals surface area (Å²) in [4.78, 5) is 7.30. The second kappa shape index (κ2) is 10.8. The lowest BCUT2D eigenvalue weighted by Gasteiger charge is -2.28. The molecule has 0 atom stereocenters. The maximum absolute atomic E-state index is 4.75. The zero-order valence-corrected chi connectivity index (χ0v) is 17.5. The Morgan fingerprint density at radius 1 is 1.20 bits per heavy atom. The zero-order valence-electron chi connectivity index (χ0n) is 15.2. The fourth-order valence-electron chi connectivity index (χ4n) is 3.48. The molecular weight excluding hydrogens is 423 g/mol. The van der Waals surface area contributed by atoms with Crippen molar-refractivity contribution in [3.05, 3.63) is 47.5 Å². The molecule has 1 aliphatic carbocycles. The first-order valence-corrected chi connectivity index (χ1v) is 9.34. The molecular formula is C20H31IN4. The van der Waals surface area contributed by atoms with Gasteiger partial charge in [0.1, 0.15) is 0 Å². The molecule has 0 fully saturated rings. The van der Waals surface area contributed by atoms with E-state index in [0.29, 0.717) is 6.04 Å². The van der Waals surface area contributed by atoms with E-state index < -0.39 is 0 Å². The Balaban J connectivity index is 0.00000225. The summed E-state index contributed by atoms with van der Waals surface area (Å²) in [5.74, 6) is 0.968. The lowest BCUT2D eigenvalue weighted by molar-refractivity contribution is 0.252. The van der Waals surface area contributed by atoms with Crippen molar-refractivity contribution in [2.24, 2.45) is 4.99 Å². The Morgan fingerprint density at radius 3 is 2.72 bits per heavy atom. The molecule has 0 saturated carbocycles. The molecule has 2 aliphatic rings. The van der Waals surface area contributed by atoms with Gasteiger partial charge in [0.15, 0.2) is 5.96 Å². The lowest BCUT2D eigenvalue weighted by atomic mass is 10.00. The number of hydrogen-bond acceptors (Lipinski definition) is 2. The summed E-state index contributed by atoms with van der Waals surface area (Å²) in [6.07, 6.45) is 9.00. The van der Waals surface area contributed by atoms with Gasteiger partial charge in [0.25, 0.3) is 0 Å². The highest BCUT2D eigenvalue weighted by atomic mass is 127. The molecule has 0 saturated heterocycles. The molecule has 0 radical (unpaired) electrons. The van der Waals surface area contributed by atoms with E-state index in [2.05, 4.69) is 58.9 Å². The number of fused-ring (bicyclic) bond motifs is 1. The summed E-state index contributed by atoms with van der Waals surface area (Å²) < 4.78 is 0. The number of nitrogens with zero attached hydrogens (tertiary/aromatic N) is 2. The van der Waals surface area contributed by atoms with Crippen molar-refractivity contribution in [1.29, 1.82) is 0 Å². The van der Waals surface area contributed by atoms with Gasteiger partial charge < -0.3 is 10.6 Å². The zero-order chi connectivity index (χ0) is 16.6. The van der Waals surface area contributed by atoms with Gasteiger partial charge in [0, 0.05) is 38.8 Å². The Morgan fingerprint density at radius 2 is 1.96 bits per heavy atom. The molecule has 2 N–H and O–H groups in total. The molecule has 1 heterocycles. The van der Waals surface area contributed by atoms with Crippen molar-refractivity contribution < 1.29 is 0 Å². The van der Waals surface area contributed by atoms with Crippen molar-refractivity contribution in [2.75, 3.05) is 26.2 Å². The third-order valence-electron chi connectivity index (χ3n) is 4.81. The van der Waals surface area contributed by atoms with Gasteiger partial charge in [-0.15, -0.1) is 24.0 Å². The Labute approximate surface area is 169 Å². The number of aliphatic imine (C=N–C) groups is 1. The first kappa shape index (κ1) is 20.2. The number of hydrogen-bond donors (Lipinski definition) is 2. The highest BCUT2D eigenvalue weighted by molar-refractivity contribution is 14.0. The van der Waals surface area contributed by atoms with E-state index in [0.717, 1.165) is 51.4 Å². The van der Waals surface area contributed by atoms with E-state index >= 15 is 0 Å². The molecule has 1 aliphatic heterocycles. The molecule has 5 heteroatoms. The van der Waals surface area contributed by atoms with E-state index in [1.165, 1.54) is 24.1 Å². The predicted octanol–water partition coefficient (Wildman–Crippen LogP) is 3.33. The second-order valence-electron chi connectivity index (χ2n) is 6.69. The van der Waals surface area contributed by atoms with Crippen LogP contribution in [0.2, 0.25) is 0 Å². The molecule has 25 heavy (non-hydrogen) atoms. The van der Waals surface area contributed by atoms with Crippen molar-refractivity contribution in [2.45, 2.75) is 45.2 Å². The van der Waals surface area contributed by atoms with Crippen LogP contribution >= 0.6 is 24.0 Å². The molecule has 1 aromatic rings. The summed E-state index contributed by atoms with van der Waals surface area (Å²) in [6, 6.07) is 9.35. The maximum atomic E-state index is 4.75. The van der Waals surface area contributed by atoms with Crippen molar-refractivity contribution in [1.82, 2.24) is 15.5 Å². The summed E-state index contributed by atoms with van der Waals surface area (Å²) in [5.41, 5.74) is 3.02. The van der Waals surface area contributed by atoms with Crippen LogP contribution in [-0.4, -0.2) is 43.1 Å². The SMILES string of the molecule is CCNC(=NCCCN1CCc2ccccc2C1)NC1CC=CC1.I. The minimum absolute atomic E-state index is 0. The van der Waals surface area contributed by atoms with Gasteiger partial charge >= 0.3 is 0 Å². The third kappa shape index (κ3) is 6.29. The van der Waals surface area contributed by atoms with Crippen LogP contribution in [0.1, 0.15) is 37.3 Å². The van der Waals surface area contributed by atoms with Crippen LogP contribution in [0, 0.1) is 0 Å². The molecule has 4 nitrogen and oxygen atoms in total. The molecule has 1 aromatic carbocycles. The molecule has 0 unspecified atom stereocenters. The highest BCUT2D eigenvalue weighted by Crippen LogP contribution is 2.18. The fourth-order valence-corrected chi connectivity index (χ4v) is 3.48. The smallest absolute Gasteiger partial charge is 0.191 e. The molecule has 3 rings (SSSR count). The average Bonchev–Trinajstić information content (AvgIpc) is 3.12. The first-order chi connectivity index (χ1) is 11.8. The maximum Gasteiger partial charge on any atom is 0.191 e. The highest BCUT2D eigenvalue weighted by Gasteiger charge is 2.15. The predicted molar refractivity (Wildman–Crippen MR) is 117 cm³/mol. The van der Waals surface area contributed by atoms with Crippen LogP contribution in [0.15, 0.2) is 41.4 Å². The van der Waals surface area contributed by atoms with Crippen LogP contribution in [0.3, 0.4) is 0 Å². The average molecular weight is 454 g/mol. The van der Waals surface area contributed by atoms with Crippen LogP contribution in [0.5, 0.6) is 0 Å². The molecule has 0 bridgehead atoms. The van der Waals surface area contributed by atoms with Gasteiger partial charge in [-0.3, -0.25) is 9.89 Å². The van der Waals surface area contributed by atoms with Crippen LogP contribution in [0.4, 0.5) is 0 Å². The summed E-state index contributed by atoms with van der Waals surface area (Å²) in [6.45, 7) is 7.30. The Hall–Kier alpha value is -1.08. The normalized spacial score (nSPS) is 17.9. The van der Waals surface area contributed by atoms with E-state index in [4.69, 9.17) is 4.99 Å². The summed E-state index contributed by atoms with van der Waals surface area (Å²) >= 11 is 0. The molecule has 0 aromatic heterocycles. The number of rotatable bonds is 6. The van der Waals surface area contributed by atoms with Crippen LogP contribution in [0.25, 0.3) is 0 Å². The second-order valence-corrected chi connectivity index (χ2v) is 6.69. The fraction of sp³-hybridized carbons (Fsp3) is 0.550. The Bertz CT molecular complexity index is 577. The van der Waals surface area contributed by atoms with Crippen LogP contribution < -0.4 is 10.6 Å². The third-order valence-corrected chi connectivity index (χ3v) is 4.81. The quantitative estimate of drug-likeness (QED) is 0.228. The van der Waals surface area contributed by atoms with Crippen LogP contribution in [-0.2, 0) is 13.0 Å². The summed E-state index contributed by atoms with van der Waals surface area (Å²) in [5, 5.41) is 6.89. The van der Waals surface area contributed by atoms with Gasteiger partial charge in [-0.25, -0.2) is 0 Å². The molecule has 0 spiro atoms. The van der Waals surface area contributed by atoms with E-state index in [1.807, 2.05) is 0 Å². The molecule has 138 valence electrons. The van der Waals surface area contributed by atoms with E-state index in [9.17, 15) is 0 Å². The van der Waals surface area contributed by atoms with E-state index in [-0.39, 0.29) is 24.0 Å². The largest absolute Gasteiger partial charge is 0.357 e. The number of halogens is 1. The van der Waals surface area contributed by atoms with Crippen molar-refractivity contribution in [3.63, 3.8) is 0 Å². The minimum Gasteiger partial charge on any atom is -0.357 e. The monoisotopic (exact) mass is 454 g/mol. The van der Waals surface area contributed by atoms with Gasteiger partial charge in [-0.2, -0.15) is 0 Å². The van der Waals surface area contributed by atoms with Gasteiger partial charge in [-0.05, 0) is 43.7 Å². The van der Waals surface area contributed by atoms with Crippen molar-refractivity contribution >= 4 is 29.9 Å². The topological polar surface area (TPSA) is 39.7 Å². The van der Waals surface area contributed by atoms with Gasteiger partial charge in [-0.1, -0.05) is 36.4 Å². The summed E-state index contributed by atoms with van der Waals surface area (Å²) in [7, 11) is 0. The Kier molecular flexibility index (Phi) is 8.75. The number of benzene rings is 1. The molecule has 0 amide bonds. The lowest BCUT2D eigenvalue weighted by Crippen LogP contribution is -2.42. The van der Waals surface area contributed by atoms with Gasteiger partial charge in [0.2, 0.25) is 0 Å². The number of guanidine groups is 1. The number of nitrogens with one attached hydrogen (secondary N) is 2. The minimum atomic E-state index is 0. The first-order valence-electron chi connectivity index (χ1n) is 9.34. The standard InChI is InChI=1S/C20H30N4.HI/c1-2-21-20(23-19-10-5-6-11-19)22-13-7-14-24-15-12-17-8-3-4-9-18(17)16-24;/h3-6,8-9,19H,2,7,10-16H2,1H3,(H2,21,22,23);1H.